The van der Waals surface area contributed by atoms with Gasteiger partial charge in [-0.25, -0.2) is 9.69 Å². The van der Waals surface area contributed by atoms with Crippen LogP contribution in [0.4, 0.5) is 4.79 Å². The largest absolute Gasteiger partial charge is 0.340 e. The monoisotopic (exact) mass is 371 g/mol. The minimum absolute atomic E-state index is 0.163. The topological polar surface area (TPSA) is 78.0 Å². The van der Waals surface area contributed by atoms with Crippen molar-refractivity contribution in [2.24, 2.45) is 5.92 Å². The van der Waals surface area contributed by atoms with Gasteiger partial charge in [-0.05, 0) is 24.3 Å². The maximum absolute atomic E-state index is 12.7. The second-order valence-electron chi connectivity index (χ2n) is 7.41. The lowest BCUT2D eigenvalue weighted by molar-refractivity contribution is -0.145. The summed E-state index contributed by atoms with van der Waals surface area (Å²) in [6.45, 7) is 1.95. The quantitative estimate of drug-likeness (QED) is 0.586. The molecule has 1 saturated carbocycles. The maximum Gasteiger partial charge on any atom is 0.334 e. The second kappa shape index (κ2) is 7.90. The second-order valence-corrected chi connectivity index (χ2v) is 7.41. The molecule has 0 bridgehead atoms. The number of likely N-dealkylation sites (N-methyl/N-ethyl adjacent to an activating group) is 1. The Morgan fingerprint density at radius 2 is 1.74 bits per heavy atom. The summed E-state index contributed by atoms with van der Waals surface area (Å²) in [4.78, 5) is 53.3. The van der Waals surface area contributed by atoms with Crippen LogP contribution in [0.1, 0.15) is 38.2 Å². The Bertz CT molecular complexity index is 749. The van der Waals surface area contributed by atoms with Crippen LogP contribution in [0.3, 0.4) is 0 Å². The Balaban J connectivity index is 1.67. The highest BCUT2D eigenvalue weighted by Gasteiger charge is 2.49. The van der Waals surface area contributed by atoms with Crippen molar-refractivity contribution in [1.29, 1.82) is 0 Å². The first kappa shape index (κ1) is 19.1. The number of amides is 5. The highest BCUT2D eigenvalue weighted by molar-refractivity contribution is 6.45. The maximum atomic E-state index is 12.7. The fourth-order valence-electron chi connectivity index (χ4n) is 3.84. The number of carbonyl (C=O) groups excluding carboxylic acids is 4. The molecule has 0 N–H and O–H groups in total. The van der Waals surface area contributed by atoms with Gasteiger partial charge in [0.15, 0.2) is 0 Å². The standard InChI is InChI=1S/C20H25N3O4/c1-14-8-6-7-11-16(14)23-19(26)18(25)22(20(23)27)13-17(24)21(2)12-15-9-4-3-5-10-15/h3-5,9-10,14,16H,6-8,11-13H2,1-2H3/t14-,16-/m1/s1. The number of nitrogens with zero attached hydrogens (tertiary/aromatic N) is 3. The summed E-state index contributed by atoms with van der Waals surface area (Å²) in [5, 5.41) is 0. The molecule has 1 heterocycles. The zero-order chi connectivity index (χ0) is 19.6. The molecule has 2 aliphatic rings. The molecule has 144 valence electrons. The average molecular weight is 371 g/mol. The lowest BCUT2D eigenvalue weighted by Gasteiger charge is -2.34. The predicted octanol–water partition coefficient (Wildman–Crippen LogP) is 2.01. The summed E-state index contributed by atoms with van der Waals surface area (Å²) in [7, 11) is 1.61. The summed E-state index contributed by atoms with van der Waals surface area (Å²) in [5.74, 6) is -1.93. The zero-order valence-electron chi connectivity index (χ0n) is 15.8. The van der Waals surface area contributed by atoms with E-state index in [1.54, 1.807) is 7.05 Å². The Morgan fingerprint density at radius 1 is 1.07 bits per heavy atom. The van der Waals surface area contributed by atoms with Crippen LogP contribution in [-0.2, 0) is 20.9 Å². The molecule has 5 amide bonds. The molecular formula is C20H25N3O4. The zero-order valence-corrected chi connectivity index (χ0v) is 15.8. The van der Waals surface area contributed by atoms with E-state index in [1.807, 2.05) is 37.3 Å². The fraction of sp³-hybridized carbons (Fsp3) is 0.500. The minimum Gasteiger partial charge on any atom is -0.340 e. The average Bonchev–Trinajstić information content (AvgIpc) is 2.86. The highest BCUT2D eigenvalue weighted by atomic mass is 16.2. The van der Waals surface area contributed by atoms with Crippen LogP contribution in [-0.4, -0.2) is 58.1 Å². The van der Waals surface area contributed by atoms with Crippen molar-refractivity contribution in [1.82, 2.24) is 14.7 Å². The molecule has 1 aromatic carbocycles. The molecule has 3 rings (SSSR count). The number of benzene rings is 1. The first-order valence-corrected chi connectivity index (χ1v) is 9.37. The summed E-state index contributed by atoms with van der Waals surface area (Å²) >= 11 is 0. The Labute approximate surface area is 158 Å². The summed E-state index contributed by atoms with van der Waals surface area (Å²) in [6.07, 6.45) is 3.63. The van der Waals surface area contributed by atoms with Crippen molar-refractivity contribution in [2.75, 3.05) is 13.6 Å². The molecule has 2 atom stereocenters. The third kappa shape index (κ3) is 3.86. The molecule has 0 spiro atoms. The van der Waals surface area contributed by atoms with Crippen molar-refractivity contribution in [3.63, 3.8) is 0 Å². The molecule has 0 radical (unpaired) electrons. The molecule has 1 aliphatic carbocycles. The van der Waals surface area contributed by atoms with E-state index in [0.717, 1.165) is 34.6 Å². The summed E-state index contributed by atoms with van der Waals surface area (Å²) in [5.41, 5.74) is 0.946. The molecular weight excluding hydrogens is 346 g/mol. The first-order valence-electron chi connectivity index (χ1n) is 9.37. The lowest BCUT2D eigenvalue weighted by atomic mass is 9.85. The van der Waals surface area contributed by atoms with Crippen LogP contribution in [0.5, 0.6) is 0 Å². The van der Waals surface area contributed by atoms with Crippen LogP contribution in [0.25, 0.3) is 0 Å². The molecule has 0 unspecified atom stereocenters. The van der Waals surface area contributed by atoms with E-state index >= 15 is 0 Å². The highest BCUT2D eigenvalue weighted by Crippen LogP contribution is 2.31. The van der Waals surface area contributed by atoms with Gasteiger partial charge in [-0.2, -0.15) is 0 Å². The van der Waals surface area contributed by atoms with E-state index in [-0.39, 0.29) is 17.9 Å². The van der Waals surface area contributed by atoms with Crippen molar-refractivity contribution >= 4 is 23.8 Å². The van der Waals surface area contributed by atoms with Crippen LogP contribution in [0, 0.1) is 5.92 Å². The Morgan fingerprint density at radius 3 is 2.41 bits per heavy atom. The van der Waals surface area contributed by atoms with Gasteiger partial charge in [0.1, 0.15) is 6.54 Å². The molecule has 7 nitrogen and oxygen atoms in total. The van der Waals surface area contributed by atoms with Gasteiger partial charge < -0.3 is 4.90 Å². The van der Waals surface area contributed by atoms with Crippen LogP contribution >= 0.6 is 0 Å². The number of imide groups is 2. The number of hydrogen-bond acceptors (Lipinski definition) is 4. The van der Waals surface area contributed by atoms with Crippen LogP contribution < -0.4 is 0 Å². The molecule has 1 aliphatic heterocycles. The van der Waals surface area contributed by atoms with Gasteiger partial charge >= 0.3 is 17.8 Å². The number of rotatable bonds is 5. The molecule has 2 fully saturated rings. The van der Waals surface area contributed by atoms with Gasteiger partial charge in [-0.1, -0.05) is 50.1 Å². The van der Waals surface area contributed by atoms with Gasteiger partial charge in [0, 0.05) is 19.6 Å². The van der Waals surface area contributed by atoms with Gasteiger partial charge in [0.25, 0.3) is 0 Å². The van der Waals surface area contributed by atoms with E-state index in [2.05, 4.69) is 0 Å². The van der Waals surface area contributed by atoms with Gasteiger partial charge in [-0.3, -0.25) is 19.3 Å². The summed E-state index contributed by atoms with van der Waals surface area (Å²) in [6, 6.07) is 8.51. The smallest absolute Gasteiger partial charge is 0.334 e. The predicted molar refractivity (Wildman–Crippen MR) is 98.3 cm³/mol. The van der Waals surface area contributed by atoms with E-state index in [0.29, 0.717) is 13.0 Å². The first-order chi connectivity index (χ1) is 12.9. The van der Waals surface area contributed by atoms with E-state index in [9.17, 15) is 19.2 Å². The molecule has 1 aromatic rings. The Hall–Kier alpha value is -2.70. The number of carbonyl (C=O) groups is 4. The molecule has 7 heteroatoms. The van der Waals surface area contributed by atoms with Crippen LogP contribution in [0.15, 0.2) is 30.3 Å². The van der Waals surface area contributed by atoms with Gasteiger partial charge in [-0.15, -0.1) is 0 Å². The van der Waals surface area contributed by atoms with E-state index in [1.165, 1.54) is 4.90 Å². The molecule has 1 saturated heterocycles. The SMILES string of the molecule is C[C@@H]1CCCC[C@H]1N1C(=O)C(=O)N(CC(=O)N(C)Cc2ccccc2)C1=O. The molecule has 27 heavy (non-hydrogen) atoms. The van der Waals surface area contributed by atoms with E-state index in [4.69, 9.17) is 0 Å². The fourth-order valence-corrected chi connectivity index (χ4v) is 3.84. The van der Waals surface area contributed by atoms with E-state index < -0.39 is 24.4 Å². The third-order valence-electron chi connectivity index (χ3n) is 5.46. The van der Waals surface area contributed by atoms with Crippen LogP contribution in [0.2, 0.25) is 0 Å². The van der Waals surface area contributed by atoms with Crippen molar-refractivity contribution < 1.29 is 19.2 Å². The number of hydrogen-bond donors (Lipinski definition) is 0. The summed E-state index contributed by atoms with van der Waals surface area (Å²) < 4.78 is 0. The van der Waals surface area contributed by atoms with Gasteiger partial charge in [0.2, 0.25) is 5.91 Å². The lowest BCUT2D eigenvalue weighted by Crippen LogP contribution is -2.47. The van der Waals surface area contributed by atoms with Gasteiger partial charge in [0.05, 0.1) is 0 Å². The van der Waals surface area contributed by atoms with Crippen molar-refractivity contribution in [3.8, 4) is 0 Å². The number of urea groups is 1. The third-order valence-corrected chi connectivity index (χ3v) is 5.46. The minimum atomic E-state index is -0.903. The van der Waals surface area contributed by atoms with Crippen molar-refractivity contribution in [2.45, 2.75) is 45.2 Å². The molecule has 0 aromatic heterocycles. The van der Waals surface area contributed by atoms with Crippen molar-refractivity contribution in [3.05, 3.63) is 35.9 Å². The Kier molecular flexibility index (Phi) is 5.58. The normalized spacial score (nSPS) is 23.1.